The van der Waals surface area contributed by atoms with Crippen LogP contribution >= 0.6 is 23.7 Å². The second-order valence-electron chi connectivity index (χ2n) is 5.55. The lowest BCUT2D eigenvalue weighted by Gasteiger charge is -2.23. The van der Waals surface area contributed by atoms with E-state index in [1.807, 2.05) is 11.4 Å². The van der Waals surface area contributed by atoms with Crippen molar-refractivity contribution in [3.8, 4) is 11.1 Å². The average Bonchev–Trinajstić information content (AvgIpc) is 2.98. The van der Waals surface area contributed by atoms with Crippen molar-refractivity contribution in [1.82, 2.24) is 10.6 Å². The third-order valence-electron chi connectivity index (χ3n) is 3.87. The molecule has 3 nitrogen and oxygen atoms in total. The maximum Gasteiger partial charge on any atom is 0.262 e. The monoisotopic (exact) mass is 336 g/mol. The van der Waals surface area contributed by atoms with Crippen LogP contribution in [-0.2, 0) is 0 Å². The van der Waals surface area contributed by atoms with Crippen molar-refractivity contribution < 1.29 is 4.79 Å². The Bertz CT molecular complexity index is 618. The molecule has 0 spiro atoms. The van der Waals surface area contributed by atoms with Crippen LogP contribution in [0.2, 0.25) is 0 Å². The summed E-state index contributed by atoms with van der Waals surface area (Å²) >= 11 is 1.51. The lowest BCUT2D eigenvalue weighted by molar-refractivity contribution is 0.0935. The van der Waals surface area contributed by atoms with E-state index >= 15 is 0 Å². The van der Waals surface area contributed by atoms with Gasteiger partial charge in [0.1, 0.15) is 0 Å². The first-order chi connectivity index (χ1) is 10.2. The Balaban J connectivity index is 0.00000176. The maximum atomic E-state index is 12.5. The number of amides is 1. The molecule has 2 heterocycles. The second-order valence-corrected chi connectivity index (χ2v) is 6.46. The van der Waals surface area contributed by atoms with Gasteiger partial charge < -0.3 is 10.6 Å². The van der Waals surface area contributed by atoms with Crippen molar-refractivity contribution in [3.63, 3.8) is 0 Å². The second kappa shape index (κ2) is 7.77. The summed E-state index contributed by atoms with van der Waals surface area (Å²) < 4.78 is 0. The molecule has 22 heavy (non-hydrogen) atoms. The minimum absolute atomic E-state index is 0. The standard InChI is InChI=1S/C17H20N2OS.ClH/c1-12-4-6-13(7-5-12)15-8-10-21-16(15)17(20)19-14-3-2-9-18-11-14;/h4-8,10,14,18H,2-3,9,11H2,1H3,(H,19,20);1H. The summed E-state index contributed by atoms with van der Waals surface area (Å²) in [7, 11) is 0. The van der Waals surface area contributed by atoms with Gasteiger partial charge in [0.25, 0.3) is 5.91 Å². The summed E-state index contributed by atoms with van der Waals surface area (Å²) in [6, 6.07) is 10.6. The third kappa shape index (κ3) is 3.88. The normalized spacial score (nSPS) is 17.6. The number of thiophene rings is 1. The number of carbonyl (C=O) groups excluding carboxylic acids is 1. The van der Waals surface area contributed by atoms with Crippen molar-refractivity contribution in [2.45, 2.75) is 25.8 Å². The summed E-state index contributed by atoms with van der Waals surface area (Å²) in [5.41, 5.74) is 3.36. The summed E-state index contributed by atoms with van der Waals surface area (Å²) in [4.78, 5) is 13.3. The number of rotatable bonds is 3. The molecule has 1 aromatic heterocycles. The fourth-order valence-electron chi connectivity index (χ4n) is 2.67. The maximum absolute atomic E-state index is 12.5. The number of benzene rings is 1. The summed E-state index contributed by atoms with van der Waals surface area (Å²) in [5.74, 6) is 0.0503. The topological polar surface area (TPSA) is 41.1 Å². The molecule has 2 N–H and O–H groups in total. The van der Waals surface area contributed by atoms with Crippen LogP contribution in [0.1, 0.15) is 28.1 Å². The molecule has 1 aliphatic heterocycles. The van der Waals surface area contributed by atoms with Crippen LogP contribution in [0.4, 0.5) is 0 Å². The minimum atomic E-state index is 0. The van der Waals surface area contributed by atoms with Gasteiger partial charge in [0.05, 0.1) is 4.88 Å². The predicted molar refractivity (Wildman–Crippen MR) is 95.1 cm³/mol. The molecule has 1 aromatic carbocycles. The van der Waals surface area contributed by atoms with E-state index in [2.05, 4.69) is 41.8 Å². The summed E-state index contributed by atoms with van der Waals surface area (Å²) in [5, 5.41) is 8.47. The Labute approximate surface area is 141 Å². The first-order valence-electron chi connectivity index (χ1n) is 7.40. The molecule has 0 bridgehead atoms. The van der Waals surface area contributed by atoms with Crippen LogP contribution in [-0.4, -0.2) is 25.0 Å². The Kier molecular flexibility index (Phi) is 6.00. The number of hydrogen-bond acceptors (Lipinski definition) is 3. The van der Waals surface area contributed by atoms with Gasteiger partial charge >= 0.3 is 0 Å². The number of carbonyl (C=O) groups is 1. The molecule has 1 fully saturated rings. The molecule has 2 aromatic rings. The molecule has 1 saturated heterocycles. The van der Waals surface area contributed by atoms with Crippen LogP contribution in [0.25, 0.3) is 11.1 Å². The van der Waals surface area contributed by atoms with Gasteiger partial charge in [-0.25, -0.2) is 0 Å². The highest BCUT2D eigenvalue weighted by Gasteiger charge is 2.19. The lowest BCUT2D eigenvalue weighted by Crippen LogP contribution is -2.45. The largest absolute Gasteiger partial charge is 0.347 e. The van der Waals surface area contributed by atoms with Gasteiger partial charge in [-0.3, -0.25) is 4.79 Å². The first kappa shape index (κ1) is 17.0. The highest BCUT2D eigenvalue weighted by Crippen LogP contribution is 2.28. The summed E-state index contributed by atoms with van der Waals surface area (Å²) in [6.45, 7) is 4.00. The zero-order valence-corrected chi connectivity index (χ0v) is 14.2. The van der Waals surface area contributed by atoms with Gasteiger partial charge in [-0.15, -0.1) is 23.7 Å². The quantitative estimate of drug-likeness (QED) is 0.898. The molecule has 0 aliphatic carbocycles. The van der Waals surface area contributed by atoms with E-state index in [-0.39, 0.29) is 24.4 Å². The molecule has 1 amide bonds. The molecular formula is C17H21ClN2OS. The SMILES string of the molecule is Cc1ccc(-c2ccsc2C(=O)NC2CCCNC2)cc1.Cl. The Morgan fingerprint density at radius 3 is 2.73 bits per heavy atom. The van der Waals surface area contributed by atoms with E-state index in [9.17, 15) is 4.79 Å². The molecule has 1 unspecified atom stereocenters. The van der Waals surface area contributed by atoms with E-state index in [0.717, 1.165) is 41.9 Å². The molecule has 1 aliphatic rings. The Hall–Kier alpha value is -1.36. The molecule has 5 heteroatoms. The van der Waals surface area contributed by atoms with Crippen molar-refractivity contribution in [2.75, 3.05) is 13.1 Å². The highest BCUT2D eigenvalue weighted by atomic mass is 35.5. The van der Waals surface area contributed by atoms with Gasteiger partial charge in [-0.2, -0.15) is 0 Å². The number of piperidine rings is 1. The molecule has 118 valence electrons. The molecular weight excluding hydrogens is 316 g/mol. The van der Waals surface area contributed by atoms with Crippen molar-refractivity contribution in [2.24, 2.45) is 0 Å². The van der Waals surface area contributed by atoms with Crippen LogP contribution in [0.5, 0.6) is 0 Å². The molecule has 0 saturated carbocycles. The zero-order valence-electron chi connectivity index (χ0n) is 12.6. The van der Waals surface area contributed by atoms with E-state index < -0.39 is 0 Å². The van der Waals surface area contributed by atoms with Gasteiger partial charge in [0.2, 0.25) is 0 Å². The number of hydrogen-bond donors (Lipinski definition) is 2. The number of aryl methyl sites for hydroxylation is 1. The van der Waals surface area contributed by atoms with Crippen LogP contribution < -0.4 is 10.6 Å². The van der Waals surface area contributed by atoms with Crippen LogP contribution in [0.15, 0.2) is 35.7 Å². The van der Waals surface area contributed by atoms with Crippen molar-refractivity contribution >= 4 is 29.7 Å². The van der Waals surface area contributed by atoms with Gasteiger partial charge in [-0.05, 0) is 43.3 Å². The van der Waals surface area contributed by atoms with E-state index in [1.165, 1.54) is 16.9 Å². The Morgan fingerprint density at radius 1 is 1.27 bits per heavy atom. The minimum Gasteiger partial charge on any atom is -0.347 e. The first-order valence-corrected chi connectivity index (χ1v) is 8.28. The third-order valence-corrected chi connectivity index (χ3v) is 4.78. The number of nitrogens with one attached hydrogen (secondary N) is 2. The molecule has 0 radical (unpaired) electrons. The van der Waals surface area contributed by atoms with E-state index in [1.54, 1.807) is 0 Å². The van der Waals surface area contributed by atoms with Crippen molar-refractivity contribution in [1.29, 1.82) is 0 Å². The fourth-order valence-corrected chi connectivity index (χ4v) is 3.49. The van der Waals surface area contributed by atoms with E-state index in [4.69, 9.17) is 0 Å². The van der Waals surface area contributed by atoms with Gasteiger partial charge in [0, 0.05) is 18.2 Å². The average molecular weight is 337 g/mol. The lowest BCUT2D eigenvalue weighted by atomic mass is 10.0. The van der Waals surface area contributed by atoms with Gasteiger partial charge in [0.15, 0.2) is 0 Å². The van der Waals surface area contributed by atoms with Crippen LogP contribution in [0, 0.1) is 6.92 Å². The van der Waals surface area contributed by atoms with Crippen molar-refractivity contribution in [3.05, 3.63) is 46.2 Å². The molecule has 1 atom stereocenters. The van der Waals surface area contributed by atoms with E-state index in [0.29, 0.717) is 0 Å². The van der Waals surface area contributed by atoms with Crippen LogP contribution in [0.3, 0.4) is 0 Å². The smallest absolute Gasteiger partial charge is 0.262 e. The predicted octanol–water partition coefficient (Wildman–Crippen LogP) is 3.63. The Morgan fingerprint density at radius 2 is 2.05 bits per heavy atom. The molecule has 3 rings (SSSR count). The summed E-state index contributed by atoms with van der Waals surface area (Å²) in [6.07, 6.45) is 2.18. The fraction of sp³-hybridized carbons (Fsp3) is 0.353. The number of halogens is 1. The zero-order chi connectivity index (χ0) is 14.7. The van der Waals surface area contributed by atoms with Gasteiger partial charge in [-0.1, -0.05) is 29.8 Å². The highest BCUT2D eigenvalue weighted by molar-refractivity contribution is 7.12.